The molecule has 2 fully saturated rings. The lowest BCUT2D eigenvalue weighted by Gasteiger charge is -2.24. The van der Waals surface area contributed by atoms with Crippen LogP contribution in [0.5, 0.6) is 0 Å². The molecule has 1 saturated carbocycles. The number of likely N-dealkylation sites (N-methyl/N-ethyl adjacent to an activating group) is 1. The first-order valence-electron chi connectivity index (χ1n) is 11.3. The van der Waals surface area contributed by atoms with Crippen molar-refractivity contribution < 1.29 is 4.79 Å². The molecule has 0 radical (unpaired) electrons. The molecule has 1 saturated heterocycles. The molecule has 164 valence electrons. The summed E-state index contributed by atoms with van der Waals surface area (Å²) < 4.78 is 2.29. The van der Waals surface area contributed by atoms with E-state index >= 15 is 0 Å². The Bertz CT molecular complexity index is 1030. The van der Waals surface area contributed by atoms with E-state index < -0.39 is 0 Å². The molecule has 3 heterocycles. The third-order valence-corrected chi connectivity index (χ3v) is 7.92. The van der Waals surface area contributed by atoms with Gasteiger partial charge in [-0.1, -0.05) is 43.8 Å². The third-order valence-electron chi connectivity index (χ3n) is 6.85. The maximum absolute atomic E-state index is 13.3. The molecular weight excluding hydrogens is 406 g/mol. The summed E-state index contributed by atoms with van der Waals surface area (Å²) in [5.41, 5.74) is 3.30. The van der Waals surface area contributed by atoms with Gasteiger partial charge >= 0.3 is 0 Å². The Labute approximate surface area is 188 Å². The lowest BCUT2D eigenvalue weighted by Crippen LogP contribution is -2.25. The Morgan fingerprint density at radius 2 is 1.90 bits per heavy atom. The van der Waals surface area contributed by atoms with Gasteiger partial charge in [-0.2, -0.15) is 0 Å². The van der Waals surface area contributed by atoms with Gasteiger partial charge in [-0.3, -0.25) is 9.36 Å². The topological polar surface area (TPSA) is 54.3 Å². The minimum atomic E-state index is -0.214. The molecule has 0 amide bonds. The van der Waals surface area contributed by atoms with Gasteiger partial charge in [0.25, 0.3) is 0 Å². The van der Waals surface area contributed by atoms with E-state index in [1.807, 2.05) is 13.0 Å². The first kappa shape index (κ1) is 20.6. The molecule has 1 aliphatic carbocycles. The average Bonchev–Trinajstić information content (AvgIpc) is 3.21. The molecular formula is C24H31N5OS. The van der Waals surface area contributed by atoms with E-state index in [9.17, 15) is 4.79 Å². The van der Waals surface area contributed by atoms with Gasteiger partial charge in [-0.05, 0) is 44.2 Å². The van der Waals surface area contributed by atoms with Gasteiger partial charge in [-0.15, -0.1) is 10.2 Å². The lowest BCUT2D eigenvalue weighted by atomic mass is 9.83. The SMILES string of the molecule is CC(Sc1nnc(N2CCCC2)n1C1CC1)C(=O)/C=C1\N(C)c2ccccc2C1(C)C. The third kappa shape index (κ3) is 3.56. The largest absolute Gasteiger partial charge is 0.347 e. The van der Waals surface area contributed by atoms with Crippen LogP contribution >= 0.6 is 11.8 Å². The molecule has 2 aliphatic heterocycles. The second-order valence-electron chi connectivity index (χ2n) is 9.47. The van der Waals surface area contributed by atoms with Crippen LogP contribution in [0.2, 0.25) is 0 Å². The fraction of sp³-hybridized carbons (Fsp3) is 0.542. The number of aromatic nitrogens is 3. The predicted octanol–water partition coefficient (Wildman–Crippen LogP) is 4.57. The average molecular weight is 438 g/mol. The summed E-state index contributed by atoms with van der Waals surface area (Å²) in [7, 11) is 2.05. The Hall–Kier alpha value is -2.28. The van der Waals surface area contributed by atoms with Crippen molar-refractivity contribution in [3.63, 3.8) is 0 Å². The maximum atomic E-state index is 13.3. The highest BCUT2D eigenvalue weighted by Crippen LogP contribution is 2.47. The lowest BCUT2D eigenvalue weighted by molar-refractivity contribution is -0.114. The predicted molar refractivity (Wildman–Crippen MR) is 126 cm³/mol. The summed E-state index contributed by atoms with van der Waals surface area (Å²) in [5, 5.41) is 9.69. The van der Waals surface area contributed by atoms with Crippen molar-refractivity contribution in [3.8, 4) is 0 Å². The summed E-state index contributed by atoms with van der Waals surface area (Å²) in [6.07, 6.45) is 6.63. The van der Waals surface area contributed by atoms with Gasteiger partial charge in [0.15, 0.2) is 10.9 Å². The van der Waals surface area contributed by atoms with Crippen molar-refractivity contribution in [2.45, 2.75) is 68.3 Å². The van der Waals surface area contributed by atoms with Crippen LogP contribution in [0, 0.1) is 0 Å². The molecule has 1 atom stereocenters. The van der Waals surface area contributed by atoms with Gasteiger partial charge in [0.1, 0.15) is 0 Å². The number of allylic oxidation sites excluding steroid dienone is 2. The number of carbonyl (C=O) groups excluding carboxylic acids is 1. The molecule has 1 aromatic heterocycles. The Morgan fingerprint density at radius 3 is 2.58 bits per heavy atom. The second-order valence-corrected chi connectivity index (χ2v) is 10.8. The van der Waals surface area contributed by atoms with Crippen LogP contribution in [0.4, 0.5) is 11.6 Å². The number of anilines is 2. The minimum Gasteiger partial charge on any atom is -0.347 e. The van der Waals surface area contributed by atoms with Crippen molar-refractivity contribution >= 4 is 29.2 Å². The molecule has 3 aliphatic rings. The van der Waals surface area contributed by atoms with Crippen LogP contribution in [-0.4, -0.2) is 45.9 Å². The number of carbonyl (C=O) groups is 1. The first-order chi connectivity index (χ1) is 14.9. The van der Waals surface area contributed by atoms with Crippen molar-refractivity contribution in [2.75, 3.05) is 29.9 Å². The highest BCUT2D eigenvalue weighted by atomic mass is 32.2. The zero-order valence-electron chi connectivity index (χ0n) is 18.8. The summed E-state index contributed by atoms with van der Waals surface area (Å²) >= 11 is 1.54. The van der Waals surface area contributed by atoms with Crippen LogP contribution in [0.1, 0.15) is 58.1 Å². The van der Waals surface area contributed by atoms with Crippen LogP contribution in [0.15, 0.2) is 41.2 Å². The summed E-state index contributed by atoms with van der Waals surface area (Å²) in [5.74, 6) is 1.12. The fourth-order valence-corrected chi connectivity index (χ4v) is 5.79. The van der Waals surface area contributed by atoms with Crippen molar-refractivity contribution in [2.24, 2.45) is 0 Å². The normalized spacial score (nSPS) is 22.3. The fourth-order valence-electron chi connectivity index (χ4n) is 4.86. The zero-order chi connectivity index (χ0) is 21.8. The van der Waals surface area contributed by atoms with Crippen LogP contribution in [0.3, 0.4) is 0 Å². The number of rotatable bonds is 6. The van der Waals surface area contributed by atoms with Crippen LogP contribution < -0.4 is 9.80 Å². The molecule has 2 aromatic rings. The molecule has 6 nitrogen and oxygen atoms in total. The van der Waals surface area contributed by atoms with Crippen molar-refractivity contribution in [3.05, 3.63) is 41.6 Å². The molecule has 0 N–H and O–H groups in total. The van der Waals surface area contributed by atoms with Crippen LogP contribution in [0.25, 0.3) is 0 Å². The highest BCUT2D eigenvalue weighted by Gasteiger charge is 2.39. The highest BCUT2D eigenvalue weighted by molar-refractivity contribution is 8.00. The van der Waals surface area contributed by atoms with E-state index in [1.165, 1.54) is 36.9 Å². The number of hydrogen-bond donors (Lipinski definition) is 0. The monoisotopic (exact) mass is 437 g/mol. The number of ketones is 1. The maximum Gasteiger partial charge on any atom is 0.228 e. The van der Waals surface area contributed by atoms with E-state index in [2.05, 4.69) is 69.7 Å². The number of benzene rings is 1. The standard InChI is InChI=1S/C24H31N5OS/c1-16(20(30)15-21-24(2,3)18-9-5-6-10-19(18)27(21)4)31-23-26-25-22(28-13-7-8-14-28)29(23)17-11-12-17/h5-6,9-10,15-17H,7-8,11-14H2,1-4H3/b21-15-. The molecule has 1 unspecified atom stereocenters. The van der Waals surface area contributed by atoms with Crippen molar-refractivity contribution in [1.29, 1.82) is 0 Å². The Kier molecular flexibility index (Phi) is 5.12. The van der Waals surface area contributed by atoms with E-state index in [0.29, 0.717) is 6.04 Å². The number of para-hydroxylation sites is 1. The molecule has 0 spiro atoms. The van der Waals surface area contributed by atoms with Crippen LogP contribution in [-0.2, 0) is 10.2 Å². The van der Waals surface area contributed by atoms with E-state index in [4.69, 9.17) is 0 Å². The number of nitrogens with zero attached hydrogens (tertiary/aromatic N) is 5. The second kappa shape index (κ2) is 7.69. The van der Waals surface area contributed by atoms with Gasteiger partial charge in [-0.25, -0.2) is 0 Å². The molecule has 5 rings (SSSR count). The van der Waals surface area contributed by atoms with E-state index in [0.717, 1.165) is 29.9 Å². The molecule has 31 heavy (non-hydrogen) atoms. The number of hydrogen-bond acceptors (Lipinski definition) is 6. The minimum absolute atomic E-state index is 0.126. The molecule has 1 aromatic carbocycles. The smallest absolute Gasteiger partial charge is 0.228 e. The molecule has 7 heteroatoms. The van der Waals surface area contributed by atoms with Crippen molar-refractivity contribution in [1.82, 2.24) is 14.8 Å². The zero-order valence-corrected chi connectivity index (χ0v) is 19.7. The first-order valence-corrected chi connectivity index (χ1v) is 12.2. The summed E-state index contributed by atoms with van der Waals surface area (Å²) in [4.78, 5) is 17.8. The van der Waals surface area contributed by atoms with Gasteiger partial charge in [0, 0.05) is 49.1 Å². The Morgan fingerprint density at radius 1 is 1.19 bits per heavy atom. The van der Waals surface area contributed by atoms with Gasteiger partial charge in [0.05, 0.1) is 5.25 Å². The van der Waals surface area contributed by atoms with Gasteiger partial charge in [0.2, 0.25) is 5.95 Å². The number of fused-ring (bicyclic) bond motifs is 1. The summed E-state index contributed by atoms with van der Waals surface area (Å²) in [6, 6.07) is 8.90. The van der Waals surface area contributed by atoms with Gasteiger partial charge < -0.3 is 9.80 Å². The molecule has 0 bridgehead atoms. The summed E-state index contributed by atoms with van der Waals surface area (Å²) in [6.45, 7) is 8.48. The van der Waals surface area contributed by atoms with E-state index in [-0.39, 0.29) is 16.4 Å². The number of thioether (sulfide) groups is 1. The Balaban J connectivity index is 1.37. The van der Waals surface area contributed by atoms with E-state index in [1.54, 1.807) is 11.8 Å². The quantitative estimate of drug-likeness (QED) is 0.487.